The van der Waals surface area contributed by atoms with E-state index >= 15 is 0 Å². The van der Waals surface area contributed by atoms with Gasteiger partial charge in [-0.3, -0.25) is 0 Å². The van der Waals surface area contributed by atoms with E-state index in [0.717, 1.165) is 34.3 Å². The zero-order valence-corrected chi connectivity index (χ0v) is 23.9. The van der Waals surface area contributed by atoms with Crippen molar-refractivity contribution in [1.82, 2.24) is 0 Å². The summed E-state index contributed by atoms with van der Waals surface area (Å²) in [5.74, 6) is 0.806. The Morgan fingerprint density at radius 3 is 1.74 bits per heavy atom. The number of hydrogen-bond donors (Lipinski definition) is 0. The van der Waals surface area contributed by atoms with Crippen LogP contribution in [-0.2, 0) is 29.5 Å². The standard InChI is InChI=1S/C10H12O2S.C10H10O2S.C9H8O2S/c2*1-8-6-7-13(11,12)10-5-3-2-4-9(8)10;1-7-6-12(10,11)9-5-3-2-4-8(7)9/h2-5,8H,6-7H2,1H3;2-6H,7H2,1H3;2-6H,1H3/t8-;;/m1../s1. The average Bonchev–Trinajstić information content (AvgIpc) is 3.13. The first-order valence-electron chi connectivity index (χ1n) is 12.2. The van der Waals surface area contributed by atoms with Gasteiger partial charge in [-0.2, -0.15) is 0 Å². The first kappa shape index (κ1) is 28.0. The first-order chi connectivity index (χ1) is 17.8. The second-order valence-corrected chi connectivity index (χ2v) is 15.4. The lowest BCUT2D eigenvalue weighted by Crippen LogP contribution is -2.18. The molecule has 0 N–H and O–H groups in total. The van der Waals surface area contributed by atoms with Crippen LogP contribution in [0.2, 0.25) is 0 Å². The Hall–Kier alpha value is -3.01. The van der Waals surface area contributed by atoms with Crippen molar-refractivity contribution in [2.75, 3.05) is 11.5 Å². The third-order valence-electron chi connectivity index (χ3n) is 6.81. The Balaban J connectivity index is 0.000000133. The number of fused-ring (bicyclic) bond motifs is 3. The van der Waals surface area contributed by atoms with Crippen molar-refractivity contribution in [1.29, 1.82) is 0 Å². The molecule has 38 heavy (non-hydrogen) atoms. The number of rotatable bonds is 0. The highest BCUT2D eigenvalue weighted by atomic mass is 32.2. The largest absolute Gasteiger partial charge is 0.224 e. The van der Waals surface area contributed by atoms with E-state index in [1.54, 1.807) is 42.5 Å². The molecular weight excluding hydrogens is 541 g/mol. The number of allylic oxidation sites excluding steroid dienone is 2. The molecule has 200 valence electrons. The molecule has 0 saturated carbocycles. The van der Waals surface area contributed by atoms with Gasteiger partial charge >= 0.3 is 0 Å². The van der Waals surface area contributed by atoms with Crippen molar-refractivity contribution in [3.05, 3.63) is 101 Å². The summed E-state index contributed by atoms with van der Waals surface area (Å²) >= 11 is 0. The molecule has 1 atom stereocenters. The minimum absolute atomic E-state index is 0.135. The van der Waals surface area contributed by atoms with Gasteiger partial charge in [0, 0.05) is 5.41 Å². The van der Waals surface area contributed by atoms with E-state index in [9.17, 15) is 25.3 Å². The zero-order valence-electron chi connectivity index (χ0n) is 21.5. The molecule has 6 nitrogen and oxygen atoms in total. The molecule has 0 fully saturated rings. The van der Waals surface area contributed by atoms with Crippen LogP contribution >= 0.6 is 0 Å². The summed E-state index contributed by atoms with van der Waals surface area (Å²) in [4.78, 5) is 1.44. The van der Waals surface area contributed by atoms with Gasteiger partial charge in [-0.05, 0) is 72.2 Å². The van der Waals surface area contributed by atoms with E-state index in [1.807, 2.05) is 50.2 Å². The van der Waals surface area contributed by atoms with Crippen molar-refractivity contribution < 1.29 is 25.3 Å². The molecule has 0 aromatic heterocycles. The molecule has 6 rings (SSSR count). The van der Waals surface area contributed by atoms with Crippen LogP contribution < -0.4 is 0 Å². The summed E-state index contributed by atoms with van der Waals surface area (Å²) in [5.41, 5.74) is 4.52. The van der Waals surface area contributed by atoms with E-state index in [1.165, 1.54) is 5.41 Å². The Labute approximate surface area is 225 Å². The summed E-state index contributed by atoms with van der Waals surface area (Å²) in [6.07, 6.45) is 2.51. The SMILES string of the molecule is CC1=CCS(=O)(=O)c2ccccc21.CC1=CS(=O)(=O)c2ccccc21.C[C@@H]1CCS(=O)(=O)c2ccccc21. The van der Waals surface area contributed by atoms with E-state index < -0.39 is 29.5 Å². The highest BCUT2D eigenvalue weighted by Gasteiger charge is 2.27. The lowest BCUT2D eigenvalue weighted by atomic mass is 9.98. The molecule has 0 spiro atoms. The van der Waals surface area contributed by atoms with Crippen LogP contribution in [0.1, 0.15) is 49.8 Å². The molecule has 0 unspecified atom stereocenters. The van der Waals surface area contributed by atoms with E-state index in [2.05, 4.69) is 6.92 Å². The van der Waals surface area contributed by atoms with E-state index in [0.29, 0.717) is 26.4 Å². The molecule has 3 aliphatic heterocycles. The number of benzene rings is 3. The topological polar surface area (TPSA) is 102 Å². The minimum atomic E-state index is -3.12. The van der Waals surface area contributed by atoms with Gasteiger partial charge in [-0.1, -0.05) is 67.6 Å². The average molecular weight is 571 g/mol. The van der Waals surface area contributed by atoms with Crippen LogP contribution in [0.4, 0.5) is 0 Å². The Kier molecular flexibility index (Phi) is 7.84. The normalized spacial score (nSPS) is 21.0. The van der Waals surface area contributed by atoms with Crippen LogP contribution in [0.3, 0.4) is 0 Å². The molecule has 0 bridgehead atoms. The lowest BCUT2D eigenvalue weighted by molar-refractivity contribution is 0.574. The van der Waals surface area contributed by atoms with Gasteiger partial charge in [0.1, 0.15) is 0 Å². The van der Waals surface area contributed by atoms with Crippen molar-refractivity contribution >= 4 is 40.7 Å². The molecule has 9 heteroatoms. The molecule has 3 heterocycles. The summed E-state index contributed by atoms with van der Waals surface area (Å²) in [7, 11) is -9.14. The van der Waals surface area contributed by atoms with Crippen molar-refractivity contribution in [3.63, 3.8) is 0 Å². The van der Waals surface area contributed by atoms with Gasteiger partial charge in [-0.25, -0.2) is 25.3 Å². The molecular formula is C29H30O6S3. The summed E-state index contributed by atoms with van der Waals surface area (Å²) in [6, 6.07) is 21.5. The van der Waals surface area contributed by atoms with Crippen LogP contribution in [0.15, 0.2) is 99.0 Å². The van der Waals surface area contributed by atoms with E-state index in [4.69, 9.17) is 0 Å². The highest BCUT2D eigenvalue weighted by molar-refractivity contribution is 7.95. The molecule has 3 aromatic rings. The fraction of sp³-hybridized carbons (Fsp3) is 0.241. The second kappa shape index (κ2) is 10.6. The fourth-order valence-electron chi connectivity index (χ4n) is 4.67. The van der Waals surface area contributed by atoms with Gasteiger partial charge < -0.3 is 0 Å². The summed E-state index contributed by atoms with van der Waals surface area (Å²) in [5, 5.41) is 1.32. The first-order valence-corrected chi connectivity index (χ1v) is 17.0. The quantitative estimate of drug-likeness (QED) is 0.345. The minimum Gasteiger partial charge on any atom is -0.224 e. The predicted octanol–water partition coefficient (Wildman–Crippen LogP) is 5.68. The fourth-order valence-corrected chi connectivity index (χ4v) is 9.49. The number of hydrogen-bond acceptors (Lipinski definition) is 6. The third-order valence-corrected chi connectivity index (χ3v) is 11.9. The van der Waals surface area contributed by atoms with Gasteiger partial charge in [0.2, 0.25) is 9.84 Å². The van der Waals surface area contributed by atoms with Gasteiger partial charge in [-0.15, -0.1) is 0 Å². The van der Waals surface area contributed by atoms with Crippen molar-refractivity contribution in [2.45, 2.75) is 47.8 Å². The molecule has 0 saturated heterocycles. The van der Waals surface area contributed by atoms with Gasteiger partial charge in [0.15, 0.2) is 19.7 Å². The predicted molar refractivity (Wildman–Crippen MR) is 151 cm³/mol. The van der Waals surface area contributed by atoms with E-state index in [-0.39, 0.29) is 5.75 Å². The highest BCUT2D eigenvalue weighted by Crippen LogP contribution is 2.33. The maximum atomic E-state index is 11.6. The smallest absolute Gasteiger partial charge is 0.200 e. The monoisotopic (exact) mass is 570 g/mol. The van der Waals surface area contributed by atoms with Crippen LogP contribution in [0.5, 0.6) is 0 Å². The molecule has 0 aliphatic carbocycles. The zero-order chi connectivity index (χ0) is 27.7. The van der Waals surface area contributed by atoms with Crippen molar-refractivity contribution in [2.24, 2.45) is 0 Å². The molecule has 0 amide bonds. The molecule has 3 aliphatic rings. The van der Waals surface area contributed by atoms with Crippen LogP contribution in [-0.4, -0.2) is 36.8 Å². The maximum Gasteiger partial charge on any atom is 0.200 e. The van der Waals surface area contributed by atoms with Gasteiger partial charge in [0.25, 0.3) is 0 Å². The summed E-state index contributed by atoms with van der Waals surface area (Å²) < 4.78 is 69.2. The van der Waals surface area contributed by atoms with Crippen molar-refractivity contribution in [3.8, 4) is 0 Å². The second-order valence-electron chi connectivity index (χ2n) is 9.55. The number of sulfone groups is 3. The Morgan fingerprint density at radius 1 is 0.632 bits per heavy atom. The van der Waals surface area contributed by atoms with Crippen LogP contribution in [0.25, 0.3) is 11.1 Å². The lowest BCUT2D eigenvalue weighted by Gasteiger charge is -2.21. The Morgan fingerprint density at radius 2 is 1.16 bits per heavy atom. The third kappa shape index (κ3) is 5.70. The maximum absolute atomic E-state index is 11.6. The Bertz CT molecular complexity index is 1760. The molecule has 3 aromatic carbocycles. The summed E-state index contributed by atoms with van der Waals surface area (Å²) in [6.45, 7) is 5.82. The van der Waals surface area contributed by atoms with Crippen LogP contribution in [0, 0.1) is 0 Å². The van der Waals surface area contributed by atoms with Gasteiger partial charge in [0.05, 0.1) is 26.2 Å². The molecule has 0 radical (unpaired) electrons.